The monoisotopic (exact) mass is 355 g/mol. The minimum Gasteiger partial charge on any atom is -0.508 e. The largest absolute Gasteiger partial charge is 0.508 e. The molecule has 0 saturated heterocycles. The molecule has 2 unspecified atom stereocenters. The third-order valence-electron chi connectivity index (χ3n) is 4.37. The summed E-state index contributed by atoms with van der Waals surface area (Å²) in [7, 11) is 1.81. The molecule has 0 fully saturated rings. The van der Waals surface area contributed by atoms with Gasteiger partial charge in [0.1, 0.15) is 11.9 Å². The van der Waals surface area contributed by atoms with Crippen LogP contribution >= 0.6 is 0 Å². The zero-order valence-electron chi connectivity index (χ0n) is 16.0. The van der Waals surface area contributed by atoms with Crippen LogP contribution in [-0.2, 0) is 16.0 Å². The number of phenols is 1. The molecule has 2 atom stereocenters. The molecule has 0 heterocycles. The summed E-state index contributed by atoms with van der Waals surface area (Å²) >= 11 is 0. The lowest BCUT2D eigenvalue weighted by Gasteiger charge is -2.21. The van der Waals surface area contributed by atoms with Gasteiger partial charge in [0.2, 0.25) is 0 Å². The lowest BCUT2D eigenvalue weighted by Crippen LogP contribution is -2.24. The zero-order valence-corrected chi connectivity index (χ0v) is 16.0. The van der Waals surface area contributed by atoms with Crippen LogP contribution in [0.4, 0.5) is 0 Å². The maximum absolute atomic E-state index is 12.6. The van der Waals surface area contributed by atoms with Gasteiger partial charge < -0.3 is 15.2 Å². The van der Waals surface area contributed by atoms with Crippen molar-refractivity contribution in [1.29, 1.82) is 0 Å². The van der Waals surface area contributed by atoms with Gasteiger partial charge in [0, 0.05) is 6.54 Å². The van der Waals surface area contributed by atoms with Gasteiger partial charge >= 0.3 is 5.97 Å². The summed E-state index contributed by atoms with van der Waals surface area (Å²) < 4.78 is 5.73. The maximum Gasteiger partial charge on any atom is 0.313 e. The van der Waals surface area contributed by atoms with Gasteiger partial charge in [0.15, 0.2) is 0 Å². The van der Waals surface area contributed by atoms with Crippen molar-refractivity contribution in [1.82, 2.24) is 5.32 Å². The Balaban J connectivity index is 2.08. The molecule has 4 nitrogen and oxygen atoms in total. The van der Waals surface area contributed by atoms with E-state index in [0.717, 1.165) is 17.5 Å². The zero-order chi connectivity index (χ0) is 19.1. The van der Waals surface area contributed by atoms with Gasteiger partial charge in [-0.25, -0.2) is 0 Å². The smallest absolute Gasteiger partial charge is 0.313 e. The van der Waals surface area contributed by atoms with Crippen LogP contribution in [0.25, 0.3) is 0 Å². The number of carbonyl (C=O) groups excluding carboxylic acids is 1. The van der Waals surface area contributed by atoms with E-state index in [1.807, 2.05) is 25.1 Å². The number of ether oxygens (including phenoxy) is 1. The predicted molar refractivity (Wildman–Crippen MR) is 104 cm³/mol. The van der Waals surface area contributed by atoms with Crippen molar-refractivity contribution in [3.63, 3.8) is 0 Å². The summed E-state index contributed by atoms with van der Waals surface area (Å²) in [5.41, 5.74) is 2.99. The Labute approximate surface area is 156 Å². The Hall–Kier alpha value is -2.33. The third kappa shape index (κ3) is 5.60. The molecule has 4 heteroatoms. The number of esters is 1. The molecule has 140 valence electrons. The quantitative estimate of drug-likeness (QED) is 0.697. The van der Waals surface area contributed by atoms with Gasteiger partial charge in [-0.15, -0.1) is 0 Å². The van der Waals surface area contributed by atoms with E-state index in [1.165, 1.54) is 5.56 Å². The molecule has 26 heavy (non-hydrogen) atoms. The minimum absolute atomic E-state index is 0.161. The van der Waals surface area contributed by atoms with Crippen LogP contribution in [0.5, 0.6) is 5.75 Å². The molecular weight excluding hydrogens is 326 g/mol. The number of hydrogen-bond acceptors (Lipinski definition) is 4. The minimum atomic E-state index is -0.442. The van der Waals surface area contributed by atoms with E-state index in [2.05, 4.69) is 31.3 Å². The number of hydrogen-bond donors (Lipinski definition) is 2. The van der Waals surface area contributed by atoms with E-state index in [4.69, 9.17) is 4.74 Å². The highest BCUT2D eigenvalue weighted by atomic mass is 16.5. The summed E-state index contributed by atoms with van der Waals surface area (Å²) in [6.45, 7) is 6.72. The molecule has 0 aliphatic heterocycles. The highest BCUT2D eigenvalue weighted by Crippen LogP contribution is 2.25. The first kappa shape index (κ1) is 20.0. The molecule has 0 aromatic heterocycles. The fourth-order valence-corrected chi connectivity index (χ4v) is 2.93. The summed E-state index contributed by atoms with van der Waals surface area (Å²) in [6.07, 6.45) is 0.586. The van der Waals surface area contributed by atoms with Crippen LogP contribution in [0, 0.1) is 5.92 Å². The molecule has 0 bridgehead atoms. The predicted octanol–water partition coefficient (Wildman–Crippen LogP) is 4.20. The number of aromatic hydroxyl groups is 1. The van der Waals surface area contributed by atoms with E-state index in [9.17, 15) is 9.90 Å². The van der Waals surface area contributed by atoms with Gasteiger partial charge in [-0.1, -0.05) is 50.2 Å². The molecule has 0 saturated carbocycles. The van der Waals surface area contributed by atoms with Crippen molar-refractivity contribution in [3.8, 4) is 5.75 Å². The van der Waals surface area contributed by atoms with Gasteiger partial charge in [0.25, 0.3) is 0 Å². The molecule has 0 amide bonds. The molecule has 0 aliphatic carbocycles. The second-order valence-electron chi connectivity index (χ2n) is 7.14. The lowest BCUT2D eigenvalue weighted by atomic mass is 9.97. The van der Waals surface area contributed by atoms with Crippen LogP contribution in [0.15, 0.2) is 48.5 Å². The molecule has 0 spiro atoms. The van der Waals surface area contributed by atoms with Crippen molar-refractivity contribution in [2.24, 2.45) is 5.92 Å². The Kier molecular flexibility index (Phi) is 7.22. The van der Waals surface area contributed by atoms with E-state index in [1.54, 1.807) is 25.2 Å². The fourth-order valence-electron chi connectivity index (χ4n) is 2.93. The third-order valence-corrected chi connectivity index (χ3v) is 4.37. The SMILES string of the molecule is CNCC(OC(=O)C(C)c1ccc(CC(C)C)cc1)c1cccc(O)c1. The summed E-state index contributed by atoms with van der Waals surface area (Å²) in [5, 5.41) is 12.7. The molecule has 2 aromatic carbocycles. The van der Waals surface area contributed by atoms with Crippen LogP contribution in [0.2, 0.25) is 0 Å². The maximum atomic E-state index is 12.6. The van der Waals surface area contributed by atoms with Crippen molar-refractivity contribution >= 4 is 5.97 Å². The number of carbonyl (C=O) groups is 1. The molecule has 2 rings (SSSR count). The molecule has 2 aromatic rings. The molecule has 0 aliphatic rings. The number of phenolic OH excluding ortho intramolecular Hbond substituents is 1. The van der Waals surface area contributed by atoms with Gasteiger partial charge in [0.05, 0.1) is 5.92 Å². The van der Waals surface area contributed by atoms with Crippen molar-refractivity contribution < 1.29 is 14.6 Å². The Bertz CT molecular complexity index is 710. The van der Waals surface area contributed by atoms with Crippen LogP contribution in [-0.4, -0.2) is 24.7 Å². The Morgan fingerprint density at radius 1 is 1.08 bits per heavy atom. The van der Waals surface area contributed by atoms with E-state index >= 15 is 0 Å². The average Bonchev–Trinajstić information content (AvgIpc) is 2.61. The molecule has 2 N–H and O–H groups in total. The second-order valence-corrected chi connectivity index (χ2v) is 7.14. The summed E-state index contributed by atoms with van der Waals surface area (Å²) in [4.78, 5) is 12.6. The Morgan fingerprint density at radius 3 is 2.35 bits per heavy atom. The fraction of sp³-hybridized carbons (Fsp3) is 0.409. The molecule has 0 radical (unpaired) electrons. The normalized spacial score (nSPS) is 13.4. The van der Waals surface area contributed by atoms with Gasteiger partial charge in [-0.2, -0.15) is 0 Å². The van der Waals surface area contributed by atoms with E-state index in [-0.39, 0.29) is 17.6 Å². The van der Waals surface area contributed by atoms with E-state index in [0.29, 0.717) is 12.5 Å². The number of rotatable bonds is 8. The summed E-state index contributed by atoms with van der Waals surface area (Å²) in [5.74, 6) is 0.145. The van der Waals surface area contributed by atoms with Crippen molar-refractivity contribution in [2.45, 2.75) is 39.2 Å². The average molecular weight is 355 g/mol. The van der Waals surface area contributed by atoms with Gasteiger partial charge in [-0.05, 0) is 55.1 Å². The van der Waals surface area contributed by atoms with Crippen molar-refractivity contribution in [2.75, 3.05) is 13.6 Å². The first-order chi connectivity index (χ1) is 12.4. The summed E-state index contributed by atoms with van der Waals surface area (Å²) in [6, 6.07) is 15.0. The topological polar surface area (TPSA) is 58.6 Å². The number of likely N-dealkylation sites (N-methyl/N-ethyl adjacent to an activating group) is 1. The lowest BCUT2D eigenvalue weighted by molar-refractivity contribution is -0.150. The van der Waals surface area contributed by atoms with Crippen LogP contribution in [0.1, 0.15) is 49.5 Å². The molecular formula is C22H29NO3. The number of benzene rings is 2. The second kappa shape index (κ2) is 9.39. The number of nitrogens with one attached hydrogen (secondary N) is 1. The standard InChI is InChI=1S/C22H29NO3/c1-15(2)12-17-8-10-18(11-9-17)16(3)22(25)26-21(14-23-4)19-6-5-7-20(24)13-19/h5-11,13,15-16,21,23-24H,12,14H2,1-4H3. The Morgan fingerprint density at radius 2 is 1.77 bits per heavy atom. The highest BCUT2D eigenvalue weighted by molar-refractivity contribution is 5.78. The van der Waals surface area contributed by atoms with Gasteiger partial charge in [-0.3, -0.25) is 4.79 Å². The first-order valence-corrected chi connectivity index (χ1v) is 9.13. The highest BCUT2D eigenvalue weighted by Gasteiger charge is 2.22. The van der Waals surface area contributed by atoms with E-state index < -0.39 is 6.10 Å². The first-order valence-electron chi connectivity index (χ1n) is 9.13. The van der Waals surface area contributed by atoms with Crippen molar-refractivity contribution in [3.05, 3.63) is 65.2 Å². The van der Waals surface area contributed by atoms with Crippen LogP contribution < -0.4 is 5.32 Å². The van der Waals surface area contributed by atoms with Crippen LogP contribution in [0.3, 0.4) is 0 Å².